The molecule has 0 saturated heterocycles. The minimum Gasteiger partial charge on any atom is -0.479 e. The van der Waals surface area contributed by atoms with E-state index < -0.39 is 18.0 Å². The van der Waals surface area contributed by atoms with E-state index in [4.69, 9.17) is 5.11 Å². The van der Waals surface area contributed by atoms with E-state index in [1.54, 1.807) is 24.7 Å². The average molecular weight is 198 g/mol. The zero-order chi connectivity index (χ0) is 10.9. The van der Waals surface area contributed by atoms with Crippen molar-refractivity contribution in [1.29, 1.82) is 0 Å². The molecule has 78 valence electrons. The summed E-state index contributed by atoms with van der Waals surface area (Å²) in [6.45, 7) is 3.48. The number of carbonyl (C=O) groups is 1. The Labute approximate surface area is 82.0 Å². The Bertz CT molecular complexity index is 346. The molecule has 0 fully saturated rings. The maximum atomic E-state index is 10.6. The normalized spacial score (nSPS) is 15.1. The van der Waals surface area contributed by atoms with Gasteiger partial charge >= 0.3 is 5.97 Å². The van der Waals surface area contributed by atoms with Crippen LogP contribution in [0.3, 0.4) is 0 Å². The number of hydrogen-bond donors (Lipinski definition) is 2. The van der Waals surface area contributed by atoms with Crippen LogP contribution in [0, 0.1) is 6.92 Å². The SMILES string of the molecule is Cc1cc(C(C)C(O)C(=O)O)n(C)n1. The average Bonchev–Trinajstić information content (AvgIpc) is 2.42. The summed E-state index contributed by atoms with van der Waals surface area (Å²) in [5.74, 6) is -1.67. The van der Waals surface area contributed by atoms with Crippen molar-refractivity contribution in [2.45, 2.75) is 25.9 Å². The van der Waals surface area contributed by atoms with Crippen LogP contribution in [-0.2, 0) is 11.8 Å². The number of rotatable bonds is 3. The third kappa shape index (κ3) is 1.93. The molecule has 2 atom stereocenters. The molecule has 0 aliphatic heterocycles. The lowest BCUT2D eigenvalue weighted by molar-refractivity contribution is -0.147. The van der Waals surface area contributed by atoms with Gasteiger partial charge in [0.1, 0.15) is 0 Å². The molecule has 14 heavy (non-hydrogen) atoms. The van der Waals surface area contributed by atoms with Crippen LogP contribution in [-0.4, -0.2) is 32.1 Å². The lowest BCUT2D eigenvalue weighted by Crippen LogP contribution is -2.27. The van der Waals surface area contributed by atoms with Gasteiger partial charge in [-0.15, -0.1) is 0 Å². The molecule has 2 unspecified atom stereocenters. The summed E-state index contributed by atoms with van der Waals surface area (Å²) in [6, 6.07) is 1.77. The molecular weight excluding hydrogens is 184 g/mol. The highest BCUT2D eigenvalue weighted by Crippen LogP contribution is 2.19. The van der Waals surface area contributed by atoms with Crippen molar-refractivity contribution in [1.82, 2.24) is 9.78 Å². The maximum Gasteiger partial charge on any atom is 0.333 e. The first-order valence-electron chi connectivity index (χ1n) is 4.35. The number of aromatic nitrogens is 2. The first-order valence-corrected chi connectivity index (χ1v) is 4.35. The molecule has 1 heterocycles. The third-order valence-electron chi connectivity index (χ3n) is 2.23. The van der Waals surface area contributed by atoms with Gasteiger partial charge in [-0.1, -0.05) is 6.92 Å². The second kappa shape index (κ2) is 3.79. The molecule has 0 bridgehead atoms. The minimum atomic E-state index is -1.38. The van der Waals surface area contributed by atoms with Gasteiger partial charge in [0.25, 0.3) is 0 Å². The van der Waals surface area contributed by atoms with Crippen molar-refractivity contribution in [3.8, 4) is 0 Å². The van der Waals surface area contributed by atoms with Crippen LogP contribution in [0.4, 0.5) is 0 Å². The zero-order valence-corrected chi connectivity index (χ0v) is 8.43. The van der Waals surface area contributed by atoms with Crippen molar-refractivity contribution in [2.75, 3.05) is 0 Å². The van der Waals surface area contributed by atoms with Crippen LogP contribution in [0.25, 0.3) is 0 Å². The molecule has 5 heteroatoms. The van der Waals surface area contributed by atoms with E-state index >= 15 is 0 Å². The maximum absolute atomic E-state index is 10.6. The Morgan fingerprint density at radius 1 is 1.64 bits per heavy atom. The Hall–Kier alpha value is -1.36. The summed E-state index contributed by atoms with van der Waals surface area (Å²) in [5.41, 5.74) is 1.53. The second-order valence-electron chi connectivity index (χ2n) is 3.41. The summed E-state index contributed by atoms with van der Waals surface area (Å²) in [7, 11) is 1.73. The van der Waals surface area contributed by atoms with Crippen LogP contribution in [0.1, 0.15) is 24.2 Å². The Morgan fingerprint density at radius 3 is 2.57 bits per heavy atom. The van der Waals surface area contributed by atoms with Gasteiger partial charge < -0.3 is 10.2 Å². The number of hydrogen-bond acceptors (Lipinski definition) is 3. The summed E-state index contributed by atoms with van der Waals surface area (Å²) in [4.78, 5) is 10.6. The number of carboxylic acid groups (broad SMARTS) is 1. The predicted octanol–water partition coefficient (Wildman–Crippen LogP) is 0.278. The zero-order valence-electron chi connectivity index (χ0n) is 8.43. The third-order valence-corrected chi connectivity index (χ3v) is 2.23. The molecule has 2 N–H and O–H groups in total. The molecule has 1 aromatic heterocycles. The van der Waals surface area contributed by atoms with Crippen molar-refractivity contribution >= 4 is 5.97 Å². The summed E-state index contributed by atoms with van der Waals surface area (Å²) in [5, 5.41) is 22.1. The van der Waals surface area contributed by atoms with E-state index in [1.165, 1.54) is 0 Å². The molecule has 1 rings (SSSR count). The Morgan fingerprint density at radius 2 is 2.21 bits per heavy atom. The molecule has 1 aromatic rings. The fourth-order valence-corrected chi connectivity index (χ4v) is 1.43. The fourth-order valence-electron chi connectivity index (χ4n) is 1.43. The highest BCUT2D eigenvalue weighted by Gasteiger charge is 2.25. The molecular formula is C9H14N2O3. The van der Waals surface area contributed by atoms with Crippen molar-refractivity contribution in [2.24, 2.45) is 7.05 Å². The van der Waals surface area contributed by atoms with Crippen molar-refractivity contribution in [3.63, 3.8) is 0 Å². The molecule has 0 saturated carbocycles. The van der Waals surface area contributed by atoms with Crippen LogP contribution in [0.5, 0.6) is 0 Å². The van der Waals surface area contributed by atoms with Gasteiger partial charge in [-0.25, -0.2) is 4.79 Å². The number of carboxylic acids is 1. The summed E-state index contributed by atoms with van der Waals surface area (Å²) >= 11 is 0. The van der Waals surface area contributed by atoms with Gasteiger partial charge in [-0.2, -0.15) is 5.10 Å². The largest absolute Gasteiger partial charge is 0.479 e. The smallest absolute Gasteiger partial charge is 0.333 e. The first-order chi connectivity index (χ1) is 6.43. The predicted molar refractivity (Wildman–Crippen MR) is 50.0 cm³/mol. The highest BCUT2D eigenvalue weighted by atomic mass is 16.4. The molecule has 0 radical (unpaired) electrons. The standard InChI is InChI=1S/C9H14N2O3/c1-5-4-7(11(3)10-5)6(2)8(12)9(13)14/h4,6,8,12H,1-3H3,(H,13,14). The Balaban J connectivity index is 2.94. The molecule has 0 aliphatic rings. The van der Waals surface area contributed by atoms with E-state index in [-0.39, 0.29) is 0 Å². The second-order valence-corrected chi connectivity index (χ2v) is 3.41. The van der Waals surface area contributed by atoms with Gasteiger partial charge in [0, 0.05) is 18.7 Å². The van der Waals surface area contributed by atoms with E-state index in [9.17, 15) is 9.90 Å². The van der Waals surface area contributed by atoms with Gasteiger partial charge in [-0.05, 0) is 13.0 Å². The number of aliphatic carboxylic acids is 1. The van der Waals surface area contributed by atoms with E-state index in [1.807, 2.05) is 6.92 Å². The topological polar surface area (TPSA) is 75.3 Å². The van der Waals surface area contributed by atoms with Gasteiger partial charge in [0.05, 0.1) is 5.69 Å². The number of aryl methyl sites for hydroxylation is 2. The van der Waals surface area contributed by atoms with Gasteiger partial charge in [0.2, 0.25) is 0 Å². The fraction of sp³-hybridized carbons (Fsp3) is 0.556. The summed E-state index contributed by atoms with van der Waals surface area (Å²) in [6.07, 6.45) is -1.38. The Kier molecular flexibility index (Phi) is 2.90. The van der Waals surface area contributed by atoms with Crippen molar-refractivity contribution < 1.29 is 15.0 Å². The van der Waals surface area contributed by atoms with E-state index in [2.05, 4.69) is 5.10 Å². The lowest BCUT2D eigenvalue weighted by Gasteiger charge is -2.14. The molecule has 0 aromatic carbocycles. The number of nitrogens with zero attached hydrogens (tertiary/aromatic N) is 2. The van der Waals surface area contributed by atoms with E-state index in [0.717, 1.165) is 11.4 Å². The van der Waals surface area contributed by atoms with Crippen LogP contribution in [0.15, 0.2) is 6.07 Å². The molecule has 0 spiro atoms. The minimum absolute atomic E-state index is 0.460. The van der Waals surface area contributed by atoms with Gasteiger partial charge in [0.15, 0.2) is 6.10 Å². The number of aliphatic hydroxyl groups excluding tert-OH is 1. The molecule has 0 aliphatic carbocycles. The molecule has 5 nitrogen and oxygen atoms in total. The summed E-state index contributed by atoms with van der Waals surface area (Å²) < 4.78 is 1.59. The lowest BCUT2D eigenvalue weighted by atomic mass is 10.0. The van der Waals surface area contributed by atoms with Crippen LogP contribution < -0.4 is 0 Å². The van der Waals surface area contributed by atoms with Gasteiger partial charge in [-0.3, -0.25) is 4.68 Å². The molecule has 0 amide bonds. The quantitative estimate of drug-likeness (QED) is 0.731. The van der Waals surface area contributed by atoms with Crippen LogP contribution in [0.2, 0.25) is 0 Å². The van der Waals surface area contributed by atoms with Crippen molar-refractivity contribution in [3.05, 3.63) is 17.5 Å². The first kappa shape index (κ1) is 10.7. The number of aliphatic hydroxyl groups is 1. The monoisotopic (exact) mass is 198 g/mol. The van der Waals surface area contributed by atoms with Crippen LogP contribution >= 0.6 is 0 Å². The highest BCUT2D eigenvalue weighted by molar-refractivity contribution is 5.73. The van der Waals surface area contributed by atoms with E-state index in [0.29, 0.717) is 0 Å².